The van der Waals surface area contributed by atoms with Gasteiger partial charge in [0.15, 0.2) is 5.76 Å². The number of rotatable bonds is 8. The smallest absolute Gasteiger partial charge is 0.291 e. The quantitative estimate of drug-likeness (QED) is 0.243. The fraction of sp³-hybridized carbons (Fsp3) is 0.200. The summed E-state index contributed by atoms with van der Waals surface area (Å²) < 4.78 is 13.1. The molecule has 2 aromatic carbocycles. The van der Waals surface area contributed by atoms with Gasteiger partial charge in [0, 0.05) is 16.7 Å². The number of ether oxygens (including phenoxy) is 1. The van der Waals surface area contributed by atoms with Crippen LogP contribution in [0.25, 0.3) is 0 Å². The largest absolute Gasteiger partial charge is 0.486 e. The molecule has 0 unspecified atom stereocenters. The Morgan fingerprint density at radius 2 is 1.97 bits per heavy atom. The first-order valence-corrected chi connectivity index (χ1v) is 11.2. The lowest BCUT2D eigenvalue weighted by Crippen LogP contribution is -2.12. The minimum Gasteiger partial charge on any atom is -0.486 e. The van der Waals surface area contributed by atoms with Crippen molar-refractivity contribution in [3.8, 4) is 5.75 Å². The maximum Gasteiger partial charge on any atom is 0.291 e. The van der Waals surface area contributed by atoms with E-state index in [1.54, 1.807) is 25.1 Å². The number of aryl methyl sites for hydroxylation is 2. The van der Waals surface area contributed by atoms with Crippen molar-refractivity contribution >= 4 is 28.9 Å². The molecule has 9 nitrogen and oxygen atoms in total. The Labute approximate surface area is 206 Å². The molecule has 0 spiro atoms. The zero-order valence-corrected chi connectivity index (χ0v) is 20.1. The van der Waals surface area contributed by atoms with Crippen LogP contribution in [0.2, 0.25) is 5.02 Å². The third-order valence-corrected chi connectivity index (χ3v) is 5.71. The van der Waals surface area contributed by atoms with Gasteiger partial charge in [-0.2, -0.15) is 5.10 Å². The zero-order valence-electron chi connectivity index (χ0n) is 19.4. The molecular formula is C25H23ClN4O5. The Balaban J connectivity index is 1.40. The minimum atomic E-state index is -0.443. The number of nitrogens with zero attached hydrogens (tertiary/aromatic N) is 3. The van der Waals surface area contributed by atoms with Crippen LogP contribution in [0.4, 0.5) is 11.4 Å². The maximum atomic E-state index is 12.8. The van der Waals surface area contributed by atoms with Crippen LogP contribution in [0.1, 0.15) is 38.8 Å². The van der Waals surface area contributed by atoms with Gasteiger partial charge < -0.3 is 14.5 Å². The standard InChI is InChI=1S/C25H23ClN4O5/c1-15-11-20(7-9-22(15)30(32)33)34-14-21-8-10-23(35-21)25(31)27-24-16(2)28-29(17(24)3)13-18-5-4-6-19(26)12-18/h4-12H,13-14H2,1-3H3,(H,27,31). The third-order valence-electron chi connectivity index (χ3n) is 5.47. The van der Waals surface area contributed by atoms with Gasteiger partial charge in [-0.1, -0.05) is 23.7 Å². The number of furan rings is 1. The summed E-state index contributed by atoms with van der Waals surface area (Å²) in [5, 5.41) is 19.0. The van der Waals surface area contributed by atoms with Crippen molar-refractivity contribution in [3.05, 3.63) is 104 Å². The second-order valence-electron chi connectivity index (χ2n) is 8.05. The minimum absolute atomic E-state index is 0.0239. The van der Waals surface area contributed by atoms with Crippen molar-refractivity contribution in [2.45, 2.75) is 33.9 Å². The van der Waals surface area contributed by atoms with Gasteiger partial charge in [-0.05, 0) is 62.7 Å². The molecule has 0 radical (unpaired) electrons. The zero-order chi connectivity index (χ0) is 25.1. The molecule has 1 amide bonds. The molecule has 0 aliphatic heterocycles. The fourth-order valence-corrected chi connectivity index (χ4v) is 3.88. The van der Waals surface area contributed by atoms with Gasteiger partial charge in [-0.25, -0.2) is 0 Å². The molecule has 10 heteroatoms. The van der Waals surface area contributed by atoms with Crippen LogP contribution >= 0.6 is 11.6 Å². The molecule has 1 N–H and O–H groups in total. The molecule has 0 bridgehead atoms. The summed E-state index contributed by atoms with van der Waals surface area (Å²) in [6.07, 6.45) is 0. The Bertz CT molecular complexity index is 1410. The number of amides is 1. The van der Waals surface area contributed by atoms with Crippen LogP contribution < -0.4 is 10.1 Å². The summed E-state index contributed by atoms with van der Waals surface area (Å²) in [7, 11) is 0. The van der Waals surface area contributed by atoms with E-state index in [9.17, 15) is 14.9 Å². The molecule has 35 heavy (non-hydrogen) atoms. The van der Waals surface area contributed by atoms with Gasteiger partial charge in [-0.15, -0.1) is 0 Å². The first-order valence-electron chi connectivity index (χ1n) is 10.8. The Morgan fingerprint density at radius 3 is 2.69 bits per heavy atom. The first-order chi connectivity index (χ1) is 16.7. The first kappa shape index (κ1) is 24.0. The molecule has 0 aliphatic carbocycles. The number of halogens is 1. The second-order valence-corrected chi connectivity index (χ2v) is 8.48. The van der Waals surface area contributed by atoms with E-state index in [1.165, 1.54) is 12.1 Å². The average Bonchev–Trinajstić information content (AvgIpc) is 3.38. The van der Waals surface area contributed by atoms with Crippen LogP contribution in [0.3, 0.4) is 0 Å². The highest BCUT2D eigenvalue weighted by atomic mass is 35.5. The molecular weight excluding hydrogens is 472 g/mol. The van der Waals surface area contributed by atoms with Gasteiger partial charge in [-0.3, -0.25) is 19.6 Å². The van der Waals surface area contributed by atoms with Gasteiger partial charge in [0.25, 0.3) is 11.6 Å². The third kappa shape index (κ3) is 5.52. The Hall–Kier alpha value is -4.11. The monoisotopic (exact) mass is 494 g/mol. The number of hydrogen-bond acceptors (Lipinski definition) is 6. The number of aromatic nitrogens is 2. The summed E-state index contributed by atoms with van der Waals surface area (Å²) in [4.78, 5) is 23.3. The van der Waals surface area contributed by atoms with Gasteiger partial charge in [0.2, 0.25) is 0 Å². The normalized spacial score (nSPS) is 10.9. The number of hydrogen-bond donors (Lipinski definition) is 1. The van der Waals surface area contributed by atoms with Crippen LogP contribution in [0.5, 0.6) is 5.75 Å². The molecule has 0 fully saturated rings. The van der Waals surface area contributed by atoms with E-state index in [0.29, 0.717) is 40.0 Å². The molecule has 0 atom stereocenters. The molecule has 180 valence electrons. The van der Waals surface area contributed by atoms with Gasteiger partial charge >= 0.3 is 0 Å². The predicted molar refractivity (Wildman–Crippen MR) is 131 cm³/mol. The van der Waals surface area contributed by atoms with Gasteiger partial charge in [0.05, 0.1) is 28.5 Å². The molecule has 2 aromatic heterocycles. The topological polar surface area (TPSA) is 112 Å². The lowest BCUT2D eigenvalue weighted by molar-refractivity contribution is -0.385. The highest BCUT2D eigenvalue weighted by Gasteiger charge is 2.18. The number of carbonyl (C=O) groups is 1. The second kappa shape index (κ2) is 10.0. The van der Waals surface area contributed by atoms with E-state index in [2.05, 4.69) is 10.4 Å². The number of benzene rings is 2. The van der Waals surface area contributed by atoms with E-state index in [-0.39, 0.29) is 18.1 Å². The predicted octanol–water partition coefficient (Wildman–Crippen LogP) is 5.84. The van der Waals surface area contributed by atoms with E-state index in [4.69, 9.17) is 20.8 Å². The number of nitro groups is 1. The highest BCUT2D eigenvalue weighted by molar-refractivity contribution is 6.30. The lowest BCUT2D eigenvalue weighted by Gasteiger charge is -2.07. The summed E-state index contributed by atoms with van der Waals surface area (Å²) >= 11 is 6.08. The number of carbonyl (C=O) groups excluding carboxylic acids is 1. The highest BCUT2D eigenvalue weighted by Crippen LogP contribution is 2.25. The summed E-state index contributed by atoms with van der Waals surface area (Å²) in [5.41, 5.74) is 3.62. The maximum absolute atomic E-state index is 12.8. The Morgan fingerprint density at radius 1 is 1.17 bits per heavy atom. The molecule has 0 saturated carbocycles. The van der Waals surface area contributed by atoms with Crippen LogP contribution in [0, 0.1) is 30.9 Å². The van der Waals surface area contributed by atoms with Crippen molar-refractivity contribution < 1.29 is 18.9 Å². The van der Waals surface area contributed by atoms with Crippen molar-refractivity contribution in [1.82, 2.24) is 9.78 Å². The Kier molecular flexibility index (Phi) is 6.88. The van der Waals surface area contributed by atoms with Crippen LogP contribution in [-0.4, -0.2) is 20.6 Å². The van der Waals surface area contributed by atoms with Crippen molar-refractivity contribution in [2.75, 3.05) is 5.32 Å². The fourth-order valence-electron chi connectivity index (χ4n) is 3.67. The van der Waals surface area contributed by atoms with Crippen LogP contribution in [0.15, 0.2) is 59.0 Å². The number of nitrogens with one attached hydrogen (secondary N) is 1. The van der Waals surface area contributed by atoms with Crippen LogP contribution in [-0.2, 0) is 13.2 Å². The lowest BCUT2D eigenvalue weighted by atomic mass is 10.2. The molecule has 2 heterocycles. The van der Waals surface area contributed by atoms with Gasteiger partial charge in [0.1, 0.15) is 18.1 Å². The average molecular weight is 495 g/mol. The van der Waals surface area contributed by atoms with Crippen molar-refractivity contribution in [3.63, 3.8) is 0 Å². The van der Waals surface area contributed by atoms with E-state index >= 15 is 0 Å². The molecule has 0 aliphatic rings. The van der Waals surface area contributed by atoms with E-state index in [1.807, 2.05) is 42.8 Å². The number of nitro benzene ring substituents is 1. The summed E-state index contributed by atoms with van der Waals surface area (Å²) in [5.74, 6) is 0.630. The van der Waals surface area contributed by atoms with E-state index in [0.717, 1.165) is 11.3 Å². The summed E-state index contributed by atoms with van der Waals surface area (Å²) in [6.45, 7) is 5.94. The van der Waals surface area contributed by atoms with Crippen molar-refractivity contribution in [1.29, 1.82) is 0 Å². The SMILES string of the molecule is Cc1cc(OCc2ccc(C(=O)Nc3c(C)nn(Cc4cccc(Cl)c4)c3C)o2)ccc1[N+](=O)[O-]. The molecule has 4 aromatic rings. The summed E-state index contributed by atoms with van der Waals surface area (Å²) in [6, 6.07) is 15.2. The van der Waals surface area contributed by atoms with Crippen molar-refractivity contribution in [2.24, 2.45) is 0 Å². The number of anilines is 1. The molecule has 4 rings (SSSR count). The van der Waals surface area contributed by atoms with E-state index < -0.39 is 10.8 Å². The molecule has 0 saturated heterocycles.